The topological polar surface area (TPSA) is 45.7 Å². The highest BCUT2D eigenvalue weighted by Crippen LogP contribution is 2.26. The van der Waals surface area contributed by atoms with Gasteiger partial charge in [-0.2, -0.15) is 11.8 Å². The first-order valence-electron chi connectivity index (χ1n) is 9.01. The van der Waals surface area contributed by atoms with Gasteiger partial charge in [0.1, 0.15) is 5.75 Å². The van der Waals surface area contributed by atoms with E-state index >= 15 is 0 Å². The number of benzene rings is 1. The Hall–Kier alpha value is -1.36. The summed E-state index contributed by atoms with van der Waals surface area (Å²) in [5.74, 6) is 3.08. The molecule has 0 spiro atoms. The average molecular weight is 350 g/mol. The minimum Gasteiger partial charge on any atom is -0.490 e. The number of hydrogen-bond acceptors (Lipinski definition) is 3. The normalized spacial score (nSPS) is 15.5. The lowest BCUT2D eigenvalue weighted by Crippen LogP contribution is -2.37. The van der Waals surface area contributed by atoms with Crippen LogP contribution in [0.2, 0.25) is 0 Å². The van der Waals surface area contributed by atoms with E-state index in [0.717, 1.165) is 24.8 Å². The van der Waals surface area contributed by atoms with E-state index in [0.29, 0.717) is 6.10 Å². The van der Waals surface area contributed by atoms with Gasteiger partial charge >= 0.3 is 0 Å². The van der Waals surface area contributed by atoms with Crippen LogP contribution >= 0.6 is 11.8 Å². The van der Waals surface area contributed by atoms with Gasteiger partial charge in [0.15, 0.2) is 5.96 Å². The second-order valence-electron chi connectivity index (χ2n) is 6.18. The van der Waals surface area contributed by atoms with Gasteiger partial charge in [0.2, 0.25) is 0 Å². The molecular weight excluding hydrogens is 318 g/mol. The molecule has 1 aromatic carbocycles. The van der Waals surface area contributed by atoms with Crippen LogP contribution in [0.1, 0.15) is 44.1 Å². The molecule has 4 nitrogen and oxygen atoms in total. The van der Waals surface area contributed by atoms with Gasteiger partial charge in [-0.3, -0.25) is 4.99 Å². The zero-order valence-corrected chi connectivity index (χ0v) is 15.8. The van der Waals surface area contributed by atoms with Gasteiger partial charge in [0, 0.05) is 25.7 Å². The van der Waals surface area contributed by atoms with Crippen molar-refractivity contribution >= 4 is 17.7 Å². The molecule has 2 N–H and O–H groups in total. The minimum atomic E-state index is 0.389. The van der Waals surface area contributed by atoms with Crippen molar-refractivity contribution in [1.29, 1.82) is 0 Å². The number of ether oxygens (including phenoxy) is 1. The van der Waals surface area contributed by atoms with E-state index < -0.39 is 0 Å². The predicted octanol–water partition coefficient (Wildman–Crippen LogP) is 3.82. The maximum Gasteiger partial charge on any atom is 0.191 e. The Morgan fingerprint density at radius 1 is 1.21 bits per heavy atom. The highest BCUT2D eigenvalue weighted by atomic mass is 32.2. The molecule has 0 saturated heterocycles. The van der Waals surface area contributed by atoms with Crippen molar-refractivity contribution in [3.8, 4) is 5.75 Å². The number of para-hydroxylation sites is 1. The van der Waals surface area contributed by atoms with Crippen LogP contribution in [-0.2, 0) is 6.54 Å². The minimum absolute atomic E-state index is 0.389. The van der Waals surface area contributed by atoms with Crippen LogP contribution in [0.25, 0.3) is 0 Å². The van der Waals surface area contributed by atoms with Crippen LogP contribution in [0, 0.1) is 0 Å². The lowest BCUT2D eigenvalue weighted by atomic mass is 10.2. The quantitative estimate of drug-likeness (QED) is 0.404. The van der Waals surface area contributed by atoms with Crippen LogP contribution in [-0.4, -0.2) is 37.7 Å². The van der Waals surface area contributed by atoms with E-state index in [2.05, 4.69) is 40.1 Å². The van der Waals surface area contributed by atoms with Crippen molar-refractivity contribution in [2.24, 2.45) is 4.99 Å². The molecule has 0 atom stereocenters. The SMILES string of the molecule is CN=C(NCCCCSC)NCc1ccccc1OC1CCCC1. The molecule has 24 heavy (non-hydrogen) atoms. The third kappa shape index (κ3) is 6.63. The van der Waals surface area contributed by atoms with Gasteiger partial charge in [0.05, 0.1) is 6.10 Å². The van der Waals surface area contributed by atoms with E-state index in [1.807, 2.05) is 24.9 Å². The number of rotatable bonds is 9. The first-order valence-corrected chi connectivity index (χ1v) is 10.4. The number of aliphatic imine (C=N–C) groups is 1. The van der Waals surface area contributed by atoms with Crippen molar-refractivity contribution in [2.75, 3.05) is 25.6 Å². The number of hydrogen-bond donors (Lipinski definition) is 2. The Balaban J connectivity index is 1.79. The van der Waals surface area contributed by atoms with Gasteiger partial charge in [-0.05, 0) is 56.6 Å². The molecule has 0 aliphatic heterocycles. The Morgan fingerprint density at radius 2 is 2.00 bits per heavy atom. The highest BCUT2D eigenvalue weighted by molar-refractivity contribution is 7.98. The van der Waals surface area contributed by atoms with Crippen LogP contribution in [0.3, 0.4) is 0 Å². The van der Waals surface area contributed by atoms with E-state index in [9.17, 15) is 0 Å². The summed E-state index contributed by atoms with van der Waals surface area (Å²) in [5.41, 5.74) is 1.19. The van der Waals surface area contributed by atoms with Crippen LogP contribution in [0.5, 0.6) is 5.75 Å². The summed E-state index contributed by atoms with van der Waals surface area (Å²) >= 11 is 1.90. The second kappa shape index (κ2) is 11.2. The third-order valence-electron chi connectivity index (χ3n) is 4.31. The van der Waals surface area contributed by atoms with E-state index in [1.165, 1.54) is 49.8 Å². The molecule has 0 unspecified atom stereocenters. The number of thioether (sulfide) groups is 1. The Bertz CT molecular complexity index is 501. The van der Waals surface area contributed by atoms with Gasteiger partial charge in [-0.1, -0.05) is 18.2 Å². The maximum atomic E-state index is 6.20. The number of nitrogens with zero attached hydrogens (tertiary/aromatic N) is 1. The fourth-order valence-electron chi connectivity index (χ4n) is 2.93. The predicted molar refractivity (Wildman–Crippen MR) is 105 cm³/mol. The fourth-order valence-corrected chi connectivity index (χ4v) is 3.42. The standard InChI is InChI=1S/C19H31N3OS/c1-20-19(21-13-7-8-14-24-2)22-15-16-9-3-6-12-18(16)23-17-10-4-5-11-17/h3,6,9,12,17H,4-5,7-8,10-11,13-15H2,1-2H3,(H2,20,21,22). The largest absolute Gasteiger partial charge is 0.490 e. The van der Waals surface area contributed by atoms with E-state index in [-0.39, 0.29) is 0 Å². The van der Waals surface area contributed by atoms with Crippen molar-refractivity contribution in [2.45, 2.75) is 51.2 Å². The first kappa shape index (κ1) is 19.0. The van der Waals surface area contributed by atoms with Gasteiger partial charge in [-0.15, -0.1) is 0 Å². The first-order chi connectivity index (χ1) is 11.8. The summed E-state index contributed by atoms with van der Waals surface area (Å²) in [6.45, 7) is 1.69. The molecule has 2 rings (SSSR count). The molecule has 134 valence electrons. The van der Waals surface area contributed by atoms with Crippen molar-refractivity contribution in [3.63, 3.8) is 0 Å². The molecule has 1 saturated carbocycles. The molecule has 0 amide bonds. The molecule has 1 aliphatic carbocycles. The monoisotopic (exact) mass is 349 g/mol. The van der Waals surface area contributed by atoms with Crippen molar-refractivity contribution in [1.82, 2.24) is 10.6 Å². The smallest absolute Gasteiger partial charge is 0.191 e. The van der Waals surface area contributed by atoms with Gasteiger partial charge in [0.25, 0.3) is 0 Å². The maximum absolute atomic E-state index is 6.20. The highest BCUT2D eigenvalue weighted by Gasteiger charge is 2.17. The molecule has 1 aromatic rings. The van der Waals surface area contributed by atoms with Crippen molar-refractivity contribution in [3.05, 3.63) is 29.8 Å². The summed E-state index contributed by atoms with van der Waals surface area (Å²) in [6.07, 6.45) is 9.89. The Kier molecular flexibility index (Phi) is 8.88. The van der Waals surface area contributed by atoms with E-state index in [4.69, 9.17) is 4.74 Å². The molecule has 0 radical (unpaired) electrons. The summed E-state index contributed by atoms with van der Waals surface area (Å²) in [6, 6.07) is 8.32. The summed E-state index contributed by atoms with van der Waals surface area (Å²) in [7, 11) is 1.82. The van der Waals surface area contributed by atoms with Crippen LogP contribution < -0.4 is 15.4 Å². The average Bonchev–Trinajstić information content (AvgIpc) is 3.11. The molecule has 5 heteroatoms. The molecule has 0 bridgehead atoms. The molecule has 1 aliphatic rings. The van der Waals surface area contributed by atoms with Crippen molar-refractivity contribution < 1.29 is 4.74 Å². The Morgan fingerprint density at radius 3 is 2.75 bits per heavy atom. The summed E-state index contributed by atoms with van der Waals surface area (Å²) in [5, 5.41) is 6.78. The fraction of sp³-hybridized carbons (Fsp3) is 0.632. The summed E-state index contributed by atoms with van der Waals surface area (Å²) < 4.78 is 6.20. The number of nitrogens with one attached hydrogen (secondary N) is 2. The molecule has 0 heterocycles. The third-order valence-corrected chi connectivity index (χ3v) is 5.00. The van der Waals surface area contributed by atoms with Gasteiger partial charge < -0.3 is 15.4 Å². The van der Waals surface area contributed by atoms with Crippen LogP contribution in [0.4, 0.5) is 0 Å². The Labute approximate surface area is 150 Å². The molecule has 1 fully saturated rings. The molecular formula is C19H31N3OS. The molecule has 0 aromatic heterocycles. The number of guanidine groups is 1. The zero-order valence-electron chi connectivity index (χ0n) is 15.0. The zero-order chi connectivity index (χ0) is 17.0. The number of unbranched alkanes of at least 4 members (excludes halogenated alkanes) is 1. The van der Waals surface area contributed by atoms with Gasteiger partial charge in [-0.25, -0.2) is 0 Å². The lowest BCUT2D eigenvalue weighted by Gasteiger charge is -2.18. The lowest BCUT2D eigenvalue weighted by molar-refractivity contribution is 0.208. The summed E-state index contributed by atoms with van der Waals surface area (Å²) in [4.78, 5) is 4.30. The second-order valence-corrected chi connectivity index (χ2v) is 7.17. The van der Waals surface area contributed by atoms with E-state index in [1.54, 1.807) is 0 Å². The van der Waals surface area contributed by atoms with Crippen LogP contribution in [0.15, 0.2) is 29.3 Å².